The van der Waals surface area contributed by atoms with Gasteiger partial charge in [-0.3, -0.25) is 0 Å². The highest BCUT2D eigenvalue weighted by molar-refractivity contribution is 6.67. The van der Waals surface area contributed by atoms with Crippen molar-refractivity contribution < 1.29 is 18.3 Å². The van der Waals surface area contributed by atoms with Gasteiger partial charge >= 0.3 is 0 Å². The van der Waals surface area contributed by atoms with E-state index in [4.69, 9.17) is 31.5 Å². The SMILES string of the molecule is N#CB1CCC2(CC1)CC(/C(N)=C/c1cc(Oc3c(F)ccc(F)c3C#N)ccc1N)CO2. The Balaban J connectivity index is 1.53. The highest BCUT2D eigenvalue weighted by Crippen LogP contribution is 2.43. The Morgan fingerprint density at radius 3 is 2.61 bits per heavy atom. The summed E-state index contributed by atoms with van der Waals surface area (Å²) in [6, 6.07) is 8.06. The number of hydrogen-bond acceptors (Lipinski definition) is 6. The molecular weight excluding hydrogens is 425 g/mol. The molecule has 9 heteroatoms. The zero-order chi connectivity index (χ0) is 23.6. The van der Waals surface area contributed by atoms with Crippen LogP contribution in [0.3, 0.4) is 0 Å². The van der Waals surface area contributed by atoms with Gasteiger partial charge in [-0.15, -0.1) is 0 Å². The predicted molar refractivity (Wildman–Crippen MR) is 121 cm³/mol. The van der Waals surface area contributed by atoms with Crippen molar-refractivity contribution in [1.82, 2.24) is 0 Å². The number of rotatable bonds is 4. The molecule has 4 rings (SSSR count). The van der Waals surface area contributed by atoms with E-state index in [0.717, 1.165) is 44.0 Å². The minimum absolute atomic E-state index is 0.0125. The first-order valence-electron chi connectivity index (χ1n) is 10.8. The van der Waals surface area contributed by atoms with Gasteiger partial charge in [-0.05, 0) is 55.7 Å². The average molecular weight is 448 g/mol. The highest BCUT2D eigenvalue weighted by atomic mass is 19.1. The maximum Gasteiger partial charge on any atom is 0.268 e. The zero-order valence-corrected chi connectivity index (χ0v) is 18.0. The van der Waals surface area contributed by atoms with Gasteiger partial charge in [-0.2, -0.15) is 5.26 Å². The summed E-state index contributed by atoms with van der Waals surface area (Å²) in [7, 11) is 0. The van der Waals surface area contributed by atoms with Crippen LogP contribution in [-0.4, -0.2) is 18.9 Å². The van der Waals surface area contributed by atoms with Crippen molar-refractivity contribution in [2.45, 2.75) is 37.5 Å². The fourth-order valence-corrected chi connectivity index (χ4v) is 4.57. The summed E-state index contributed by atoms with van der Waals surface area (Å²) in [6.07, 6.45) is 5.88. The molecule has 33 heavy (non-hydrogen) atoms. The Kier molecular flexibility index (Phi) is 6.26. The quantitative estimate of drug-likeness (QED) is 0.520. The van der Waals surface area contributed by atoms with Crippen molar-refractivity contribution >= 4 is 18.5 Å². The lowest BCUT2D eigenvalue weighted by Gasteiger charge is -2.33. The molecule has 2 aliphatic rings. The largest absolute Gasteiger partial charge is 0.453 e. The molecule has 1 atom stereocenters. The third kappa shape index (κ3) is 4.64. The Morgan fingerprint density at radius 1 is 1.18 bits per heavy atom. The molecule has 0 radical (unpaired) electrons. The zero-order valence-electron chi connectivity index (χ0n) is 18.0. The normalized spacial score (nSPS) is 19.8. The summed E-state index contributed by atoms with van der Waals surface area (Å²) in [5.41, 5.74) is 13.4. The molecule has 0 bridgehead atoms. The van der Waals surface area contributed by atoms with E-state index in [1.807, 2.05) is 0 Å². The Bertz CT molecular complexity index is 1180. The smallest absolute Gasteiger partial charge is 0.268 e. The van der Waals surface area contributed by atoms with Crippen LogP contribution in [-0.2, 0) is 4.74 Å². The van der Waals surface area contributed by atoms with Crippen LogP contribution in [0.4, 0.5) is 14.5 Å². The standard InChI is InChI=1S/C24H23BF2N4O2/c26-19-2-3-20(27)23(18(19)12-28)33-17-1-4-21(30)15(9-17)10-22(31)16-11-24(32-13-16)5-7-25(14-29)8-6-24/h1-4,9-10,16H,5-8,11,13,30-31H2/b22-10-. The maximum absolute atomic E-state index is 14.2. The number of nitrogens with two attached hydrogens (primary N) is 2. The summed E-state index contributed by atoms with van der Waals surface area (Å²) in [5.74, 6) is 0.349. The van der Waals surface area contributed by atoms with Crippen molar-refractivity contribution in [3.05, 3.63) is 58.8 Å². The first-order chi connectivity index (χ1) is 15.8. The average Bonchev–Trinajstić information content (AvgIpc) is 3.23. The second kappa shape index (κ2) is 9.13. The topological polar surface area (TPSA) is 118 Å². The second-order valence-electron chi connectivity index (χ2n) is 8.68. The van der Waals surface area contributed by atoms with Gasteiger partial charge in [-0.1, -0.05) is 12.6 Å². The van der Waals surface area contributed by atoms with Crippen LogP contribution in [0.1, 0.15) is 30.4 Å². The van der Waals surface area contributed by atoms with Gasteiger partial charge in [0, 0.05) is 28.8 Å². The van der Waals surface area contributed by atoms with Crippen molar-refractivity contribution in [2.24, 2.45) is 11.7 Å². The van der Waals surface area contributed by atoms with Gasteiger partial charge < -0.3 is 20.9 Å². The van der Waals surface area contributed by atoms with Crippen LogP contribution < -0.4 is 16.2 Å². The molecule has 4 N–H and O–H groups in total. The van der Waals surface area contributed by atoms with Gasteiger partial charge in [0.1, 0.15) is 23.2 Å². The summed E-state index contributed by atoms with van der Waals surface area (Å²) in [5, 5.41) is 18.3. The third-order valence-electron chi connectivity index (χ3n) is 6.53. The van der Waals surface area contributed by atoms with Crippen molar-refractivity contribution in [3.63, 3.8) is 0 Å². The molecule has 2 saturated heterocycles. The number of nitrogens with zero attached hydrogens (tertiary/aromatic N) is 2. The molecule has 1 unspecified atom stereocenters. The van der Waals surface area contributed by atoms with E-state index in [0.29, 0.717) is 23.6 Å². The van der Waals surface area contributed by atoms with E-state index in [9.17, 15) is 8.78 Å². The van der Waals surface area contributed by atoms with E-state index in [1.54, 1.807) is 24.3 Å². The highest BCUT2D eigenvalue weighted by Gasteiger charge is 2.44. The molecule has 2 aromatic rings. The number of nitriles is 2. The van der Waals surface area contributed by atoms with Crippen LogP contribution in [0.25, 0.3) is 6.08 Å². The molecular formula is C24H23BF2N4O2. The lowest BCUT2D eigenvalue weighted by Crippen LogP contribution is -2.35. The van der Waals surface area contributed by atoms with Crippen LogP contribution >= 0.6 is 0 Å². The van der Waals surface area contributed by atoms with E-state index in [-0.39, 0.29) is 24.0 Å². The molecule has 2 heterocycles. The number of hydrogen-bond donors (Lipinski definition) is 2. The Labute approximate surface area is 191 Å². The summed E-state index contributed by atoms with van der Waals surface area (Å²) >= 11 is 0. The fraction of sp³-hybridized carbons (Fsp3) is 0.333. The fourth-order valence-electron chi connectivity index (χ4n) is 4.57. The Morgan fingerprint density at radius 2 is 1.91 bits per heavy atom. The molecule has 2 fully saturated rings. The predicted octanol–water partition coefficient (Wildman–Crippen LogP) is 4.64. The van der Waals surface area contributed by atoms with Crippen molar-refractivity contribution in [3.8, 4) is 23.5 Å². The molecule has 2 aromatic carbocycles. The molecule has 1 spiro atoms. The lowest BCUT2D eigenvalue weighted by atomic mass is 9.41. The molecule has 0 aromatic heterocycles. The first kappa shape index (κ1) is 22.6. The molecule has 2 aliphatic heterocycles. The number of anilines is 1. The minimum atomic E-state index is -0.868. The van der Waals surface area contributed by atoms with E-state index in [2.05, 4.69) is 5.97 Å². The second-order valence-corrected chi connectivity index (χ2v) is 8.68. The molecule has 0 saturated carbocycles. The van der Waals surface area contributed by atoms with Gasteiger partial charge in [0.2, 0.25) is 0 Å². The number of halogens is 2. The summed E-state index contributed by atoms with van der Waals surface area (Å²) < 4.78 is 39.7. The van der Waals surface area contributed by atoms with Crippen LogP contribution in [0.15, 0.2) is 36.0 Å². The maximum atomic E-state index is 14.2. The van der Waals surface area contributed by atoms with E-state index in [1.165, 1.54) is 6.07 Å². The van der Waals surface area contributed by atoms with E-state index >= 15 is 0 Å². The van der Waals surface area contributed by atoms with Crippen molar-refractivity contribution in [2.75, 3.05) is 12.3 Å². The minimum Gasteiger partial charge on any atom is -0.453 e. The molecule has 0 amide bonds. The third-order valence-corrected chi connectivity index (χ3v) is 6.53. The number of benzene rings is 2. The van der Waals surface area contributed by atoms with Crippen molar-refractivity contribution in [1.29, 1.82) is 10.5 Å². The first-order valence-corrected chi connectivity index (χ1v) is 10.8. The van der Waals surface area contributed by atoms with Crippen LogP contribution in [0.2, 0.25) is 12.6 Å². The molecule has 6 nitrogen and oxygen atoms in total. The monoisotopic (exact) mass is 448 g/mol. The summed E-state index contributed by atoms with van der Waals surface area (Å²) in [6.45, 7) is 0.591. The van der Waals surface area contributed by atoms with Crippen LogP contribution in [0, 0.1) is 40.1 Å². The van der Waals surface area contributed by atoms with E-state index < -0.39 is 22.9 Å². The lowest BCUT2D eigenvalue weighted by molar-refractivity contribution is -0.00587. The summed E-state index contributed by atoms with van der Waals surface area (Å²) in [4.78, 5) is 0. The van der Waals surface area contributed by atoms with Gasteiger partial charge in [0.05, 0.1) is 12.2 Å². The molecule has 0 aliphatic carbocycles. The molecule has 168 valence electrons. The van der Waals surface area contributed by atoms with Gasteiger partial charge in [0.25, 0.3) is 6.71 Å². The van der Waals surface area contributed by atoms with Crippen LogP contribution in [0.5, 0.6) is 11.5 Å². The van der Waals surface area contributed by atoms with Gasteiger partial charge in [-0.25, -0.2) is 14.0 Å². The Hall–Kier alpha value is -3.56. The number of nitrogen functional groups attached to an aromatic ring is 1. The number of ether oxygens (including phenoxy) is 2. The van der Waals surface area contributed by atoms with Gasteiger partial charge in [0.15, 0.2) is 11.6 Å².